The first-order valence-corrected chi connectivity index (χ1v) is 9.78. The minimum atomic E-state index is -0.547. The molecule has 2 N–H and O–H groups in total. The molecule has 9 heteroatoms. The number of piperidine rings is 1. The summed E-state index contributed by atoms with van der Waals surface area (Å²) in [6.45, 7) is 2.43. The summed E-state index contributed by atoms with van der Waals surface area (Å²) in [5.41, 5.74) is 0.204. The van der Waals surface area contributed by atoms with Gasteiger partial charge in [0, 0.05) is 25.8 Å². The van der Waals surface area contributed by atoms with E-state index in [-0.39, 0.29) is 35.3 Å². The monoisotopic (exact) mass is 410 g/mol. The second kappa shape index (κ2) is 7.61. The van der Waals surface area contributed by atoms with E-state index in [0.717, 1.165) is 42.5 Å². The highest BCUT2D eigenvalue weighted by atomic mass is 35.5. The molecule has 1 aliphatic carbocycles. The Balaban J connectivity index is 0.00000210. The Hall–Kier alpha value is -1.90. The number of aromatic amines is 1. The van der Waals surface area contributed by atoms with Crippen molar-refractivity contribution in [2.75, 3.05) is 13.1 Å². The molecule has 0 radical (unpaired) electrons. The highest BCUT2D eigenvalue weighted by molar-refractivity contribution is 7.07. The molecule has 7 nitrogen and oxygen atoms in total. The summed E-state index contributed by atoms with van der Waals surface area (Å²) in [6, 6.07) is 2.15. The van der Waals surface area contributed by atoms with E-state index in [0.29, 0.717) is 6.54 Å². The third kappa shape index (κ3) is 3.61. The van der Waals surface area contributed by atoms with Gasteiger partial charge in [-0.3, -0.25) is 14.2 Å². The van der Waals surface area contributed by atoms with Gasteiger partial charge in [0.1, 0.15) is 5.56 Å². The molecule has 4 rings (SSSR count). The van der Waals surface area contributed by atoms with Crippen LogP contribution in [0.25, 0.3) is 0 Å². The molecule has 146 valence electrons. The van der Waals surface area contributed by atoms with Gasteiger partial charge in [-0.25, -0.2) is 4.79 Å². The smallest absolute Gasteiger partial charge is 0.328 e. The summed E-state index contributed by atoms with van der Waals surface area (Å²) in [4.78, 5) is 41.6. The Morgan fingerprint density at radius 2 is 2.11 bits per heavy atom. The van der Waals surface area contributed by atoms with Gasteiger partial charge in [-0.05, 0) is 60.2 Å². The molecule has 1 spiro atoms. The predicted molar refractivity (Wildman–Crippen MR) is 107 cm³/mol. The first-order chi connectivity index (χ1) is 12.5. The molecule has 1 saturated carbocycles. The van der Waals surface area contributed by atoms with E-state index in [1.165, 1.54) is 13.2 Å². The van der Waals surface area contributed by atoms with E-state index in [1.54, 1.807) is 11.3 Å². The first-order valence-electron chi connectivity index (χ1n) is 8.83. The first kappa shape index (κ1) is 19.9. The normalized spacial score (nSPS) is 20.1. The standard InChI is InChI=1S/C18H22N4O3S.ClH/c1-21-15(23)13(9-20-17(21)25)16(24)22(10-12-2-7-26-11-12)14-8-18(14)3-5-19-6-4-18;/h2,7,9,11,14,19H,3-6,8,10H2,1H3,(H,20,25);1H. The molecular weight excluding hydrogens is 388 g/mol. The van der Waals surface area contributed by atoms with Crippen LogP contribution in [0.1, 0.15) is 35.2 Å². The number of thiophene rings is 1. The van der Waals surface area contributed by atoms with Crippen LogP contribution in [0.2, 0.25) is 0 Å². The lowest BCUT2D eigenvalue weighted by atomic mass is 9.93. The number of halogens is 1. The summed E-state index contributed by atoms with van der Waals surface area (Å²) >= 11 is 1.59. The Morgan fingerprint density at radius 3 is 2.78 bits per heavy atom. The molecule has 2 fully saturated rings. The van der Waals surface area contributed by atoms with Crippen molar-refractivity contribution >= 4 is 29.7 Å². The molecule has 3 heterocycles. The molecule has 1 amide bonds. The molecule has 0 bridgehead atoms. The van der Waals surface area contributed by atoms with Gasteiger partial charge in [-0.15, -0.1) is 12.4 Å². The van der Waals surface area contributed by atoms with Gasteiger partial charge < -0.3 is 15.2 Å². The third-order valence-corrected chi connectivity index (χ3v) is 6.46. The van der Waals surface area contributed by atoms with E-state index >= 15 is 0 Å². The maximum absolute atomic E-state index is 13.2. The molecule has 27 heavy (non-hydrogen) atoms. The quantitative estimate of drug-likeness (QED) is 0.796. The van der Waals surface area contributed by atoms with E-state index in [2.05, 4.69) is 10.3 Å². The van der Waals surface area contributed by atoms with Crippen molar-refractivity contribution in [2.45, 2.75) is 31.8 Å². The van der Waals surface area contributed by atoms with Gasteiger partial charge in [0.25, 0.3) is 11.5 Å². The zero-order valence-corrected chi connectivity index (χ0v) is 16.7. The van der Waals surface area contributed by atoms with E-state index < -0.39 is 11.2 Å². The maximum atomic E-state index is 13.2. The van der Waals surface area contributed by atoms with Crippen molar-refractivity contribution in [2.24, 2.45) is 12.5 Å². The van der Waals surface area contributed by atoms with Crippen molar-refractivity contribution in [1.29, 1.82) is 0 Å². The molecule has 1 atom stereocenters. The fourth-order valence-electron chi connectivity index (χ4n) is 4.01. The fraction of sp³-hybridized carbons (Fsp3) is 0.500. The van der Waals surface area contributed by atoms with Crippen LogP contribution in [-0.2, 0) is 13.6 Å². The largest absolute Gasteiger partial charge is 0.331 e. The van der Waals surface area contributed by atoms with Gasteiger partial charge >= 0.3 is 5.69 Å². The third-order valence-electron chi connectivity index (χ3n) is 5.73. The second-order valence-electron chi connectivity index (χ2n) is 7.27. The van der Waals surface area contributed by atoms with Crippen LogP contribution in [0, 0.1) is 5.41 Å². The summed E-state index contributed by atoms with van der Waals surface area (Å²) < 4.78 is 0.948. The number of hydrogen-bond donors (Lipinski definition) is 2. The Labute approximate surface area is 166 Å². The second-order valence-corrected chi connectivity index (χ2v) is 8.05. The average Bonchev–Trinajstić information content (AvgIpc) is 3.07. The highest BCUT2D eigenvalue weighted by Gasteiger charge is 2.57. The van der Waals surface area contributed by atoms with Gasteiger partial charge in [-0.2, -0.15) is 11.3 Å². The predicted octanol–water partition coefficient (Wildman–Crippen LogP) is 1.34. The highest BCUT2D eigenvalue weighted by Crippen LogP contribution is 2.56. The number of carbonyl (C=O) groups excluding carboxylic acids is 1. The maximum Gasteiger partial charge on any atom is 0.328 e. The van der Waals surface area contributed by atoms with Crippen molar-refractivity contribution < 1.29 is 4.79 Å². The lowest BCUT2D eigenvalue weighted by molar-refractivity contribution is 0.0689. The summed E-state index contributed by atoms with van der Waals surface area (Å²) in [6.07, 6.45) is 4.34. The number of aromatic nitrogens is 2. The molecule has 2 aromatic heterocycles. The van der Waals surface area contributed by atoms with Gasteiger partial charge in [0.2, 0.25) is 0 Å². The minimum absolute atomic E-state index is 0. The molecule has 2 aromatic rings. The zero-order valence-electron chi connectivity index (χ0n) is 15.1. The lowest BCUT2D eigenvalue weighted by Crippen LogP contribution is -2.43. The zero-order chi connectivity index (χ0) is 18.3. The average molecular weight is 411 g/mol. The topological polar surface area (TPSA) is 87.2 Å². The van der Waals surface area contributed by atoms with Crippen LogP contribution in [-0.4, -0.2) is 39.5 Å². The lowest BCUT2D eigenvalue weighted by Gasteiger charge is -2.29. The van der Waals surface area contributed by atoms with Crippen LogP contribution >= 0.6 is 23.7 Å². The molecular formula is C18H23ClN4O3S. The van der Waals surface area contributed by atoms with Crippen LogP contribution in [0.15, 0.2) is 32.6 Å². The van der Waals surface area contributed by atoms with Crippen molar-refractivity contribution in [3.05, 3.63) is 55.0 Å². The van der Waals surface area contributed by atoms with E-state index in [1.807, 2.05) is 21.7 Å². The van der Waals surface area contributed by atoms with Gasteiger partial charge in [-0.1, -0.05) is 0 Å². The summed E-state index contributed by atoms with van der Waals surface area (Å²) in [5.74, 6) is -0.298. The number of amides is 1. The number of carbonyl (C=O) groups is 1. The fourth-order valence-corrected chi connectivity index (χ4v) is 4.66. The van der Waals surface area contributed by atoms with Crippen molar-refractivity contribution in [3.63, 3.8) is 0 Å². The van der Waals surface area contributed by atoms with E-state index in [9.17, 15) is 14.4 Å². The minimum Gasteiger partial charge on any atom is -0.331 e. The molecule has 0 aromatic carbocycles. The molecule has 1 unspecified atom stereocenters. The van der Waals surface area contributed by atoms with Gasteiger partial charge in [0.05, 0.1) is 0 Å². The summed E-state index contributed by atoms with van der Waals surface area (Å²) in [7, 11) is 1.38. The van der Waals surface area contributed by atoms with Crippen LogP contribution in [0.5, 0.6) is 0 Å². The van der Waals surface area contributed by atoms with Crippen LogP contribution in [0.4, 0.5) is 0 Å². The molecule has 1 aliphatic heterocycles. The number of nitrogens with zero attached hydrogens (tertiary/aromatic N) is 2. The SMILES string of the molecule is Cl.Cn1c(=O)[nH]cc(C(=O)N(Cc2ccsc2)C2CC23CCNCC3)c1=O. The number of rotatable bonds is 4. The van der Waals surface area contributed by atoms with Crippen molar-refractivity contribution in [1.82, 2.24) is 19.8 Å². The van der Waals surface area contributed by atoms with Crippen LogP contribution < -0.4 is 16.6 Å². The number of nitrogens with one attached hydrogen (secondary N) is 2. The van der Waals surface area contributed by atoms with Crippen LogP contribution in [0.3, 0.4) is 0 Å². The number of H-pyrrole nitrogens is 1. The van der Waals surface area contributed by atoms with Gasteiger partial charge in [0.15, 0.2) is 0 Å². The van der Waals surface area contributed by atoms with E-state index in [4.69, 9.17) is 0 Å². The Kier molecular flexibility index (Phi) is 5.60. The summed E-state index contributed by atoms with van der Waals surface area (Å²) in [5, 5.41) is 7.40. The Bertz CT molecular complexity index is 931. The molecule has 2 aliphatic rings. The Morgan fingerprint density at radius 1 is 1.37 bits per heavy atom. The molecule has 1 saturated heterocycles. The van der Waals surface area contributed by atoms with Crippen molar-refractivity contribution in [3.8, 4) is 0 Å². The number of hydrogen-bond acceptors (Lipinski definition) is 5.